The highest BCUT2D eigenvalue weighted by molar-refractivity contribution is 14.0. The summed E-state index contributed by atoms with van der Waals surface area (Å²) >= 11 is 0. The van der Waals surface area contributed by atoms with Gasteiger partial charge in [0.1, 0.15) is 23.0 Å². The van der Waals surface area contributed by atoms with Crippen molar-refractivity contribution in [3.63, 3.8) is 0 Å². The van der Waals surface area contributed by atoms with E-state index < -0.39 is 0 Å². The molecule has 33 heavy (non-hydrogen) atoms. The number of ether oxygens (including phenoxy) is 3. The minimum Gasteiger partial charge on any atom is -0.506 e. The molecule has 1 saturated heterocycles. The quantitative estimate of drug-likeness (QED) is 0.287. The number of halogens is 1. The van der Waals surface area contributed by atoms with Crippen molar-refractivity contribution in [1.29, 1.82) is 0 Å². The zero-order chi connectivity index (χ0) is 22.9. The van der Waals surface area contributed by atoms with E-state index in [0.717, 1.165) is 61.4 Å². The number of hydrogen-bond acceptors (Lipinski definition) is 6. The predicted molar refractivity (Wildman–Crippen MR) is 143 cm³/mol. The van der Waals surface area contributed by atoms with Crippen LogP contribution in [0.2, 0.25) is 0 Å². The number of hydrogen-bond donors (Lipinski definition) is 2. The van der Waals surface area contributed by atoms with Gasteiger partial charge in [-0.25, -0.2) is 0 Å². The number of methoxy groups -OCH3 is 3. The Balaban J connectivity index is 0.00000385. The Kier molecular flexibility index (Phi) is 10.7. The van der Waals surface area contributed by atoms with Crippen molar-refractivity contribution in [2.45, 2.75) is 13.3 Å². The van der Waals surface area contributed by atoms with Crippen LogP contribution in [0, 0.1) is 0 Å². The van der Waals surface area contributed by atoms with Crippen LogP contribution >= 0.6 is 24.0 Å². The third-order valence-corrected chi connectivity index (χ3v) is 5.58. The minimum absolute atomic E-state index is 0. The Morgan fingerprint density at radius 1 is 1.00 bits per heavy atom. The number of guanidine groups is 1. The van der Waals surface area contributed by atoms with Crippen LogP contribution in [0.3, 0.4) is 0 Å². The molecule has 1 aliphatic heterocycles. The highest BCUT2D eigenvalue weighted by atomic mass is 127. The Morgan fingerprint density at radius 2 is 1.64 bits per heavy atom. The largest absolute Gasteiger partial charge is 0.506 e. The average Bonchev–Trinajstić information content (AvgIpc) is 2.83. The minimum atomic E-state index is 0. The summed E-state index contributed by atoms with van der Waals surface area (Å²) in [5.41, 5.74) is 1.85. The molecule has 3 rings (SSSR count). The molecule has 8 nitrogen and oxygen atoms in total. The molecule has 0 bridgehead atoms. The summed E-state index contributed by atoms with van der Waals surface area (Å²) in [5, 5.41) is 13.6. The number of anilines is 1. The van der Waals surface area contributed by atoms with Crippen LogP contribution in [0.25, 0.3) is 0 Å². The fourth-order valence-corrected chi connectivity index (χ4v) is 3.91. The lowest BCUT2D eigenvalue weighted by atomic mass is 10.1. The molecule has 9 heteroatoms. The fraction of sp³-hybridized carbons (Fsp3) is 0.458. The normalized spacial score (nSPS) is 13.9. The van der Waals surface area contributed by atoms with Gasteiger partial charge in [-0.05, 0) is 25.5 Å². The highest BCUT2D eigenvalue weighted by Gasteiger charge is 2.21. The van der Waals surface area contributed by atoms with Crippen LogP contribution in [0.5, 0.6) is 23.0 Å². The highest BCUT2D eigenvalue weighted by Crippen LogP contribution is 2.34. The molecule has 0 spiro atoms. The van der Waals surface area contributed by atoms with E-state index in [2.05, 4.69) is 22.0 Å². The molecule has 2 aromatic carbocycles. The van der Waals surface area contributed by atoms with Gasteiger partial charge in [0.2, 0.25) is 0 Å². The van der Waals surface area contributed by atoms with Crippen molar-refractivity contribution < 1.29 is 19.3 Å². The number of phenolic OH excluding ortho intramolecular Hbond substituents is 1. The molecule has 1 aliphatic rings. The van der Waals surface area contributed by atoms with E-state index in [1.54, 1.807) is 27.4 Å². The molecule has 182 valence electrons. The molecular formula is C24H35IN4O4. The maximum Gasteiger partial charge on any atom is 0.194 e. The molecule has 2 N–H and O–H groups in total. The Labute approximate surface area is 213 Å². The summed E-state index contributed by atoms with van der Waals surface area (Å²) in [5.74, 6) is 3.39. The number of aromatic hydroxyl groups is 1. The summed E-state index contributed by atoms with van der Waals surface area (Å²) in [6.45, 7) is 6.77. The molecule has 0 radical (unpaired) electrons. The van der Waals surface area contributed by atoms with E-state index in [1.165, 1.54) is 0 Å². The zero-order valence-corrected chi connectivity index (χ0v) is 22.2. The number of benzene rings is 2. The van der Waals surface area contributed by atoms with E-state index in [9.17, 15) is 5.11 Å². The van der Waals surface area contributed by atoms with Gasteiger partial charge in [0, 0.05) is 57.0 Å². The second-order valence-corrected chi connectivity index (χ2v) is 7.46. The van der Waals surface area contributed by atoms with Gasteiger partial charge < -0.3 is 34.4 Å². The van der Waals surface area contributed by atoms with Gasteiger partial charge in [0.05, 0.1) is 27.0 Å². The van der Waals surface area contributed by atoms with Crippen molar-refractivity contribution >= 4 is 35.6 Å². The van der Waals surface area contributed by atoms with Crippen molar-refractivity contribution in [2.75, 3.05) is 65.5 Å². The second-order valence-electron chi connectivity index (χ2n) is 7.46. The van der Waals surface area contributed by atoms with Crippen LogP contribution in [0.1, 0.15) is 12.5 Å². The van der Waals surface area contributed by atoms with Gasteiger partial charge in [-0.1, -0.05) is 12.1 Å². The summed E-state index contributed by atoms with van der Waals surface area (Å²) in [4.78, 5) is 9.34. The van der Waals surface area contributed by atoms with Crippen molar-refractivity contribution in [3.05, 3.63) is 42.0 Å². The number of para-hydroxylation sites is 2. The molecule has 0 atom stereocenters. The first kappa shape index (κ1) is 26.7. The van der Waals surface area contributed by atoms with E-state index in [4.69, 9.17) is 19.2 Å². The zero-order valence-electron chi connectivity index (χ0n) is 19.8. The molecule has 0 saturated carbocycles. The maximum atomic E-state index is 10.1. The number of phenols is 1. The topological polar surface area (TPSA) is 78.8 Å². The summed E-state index contributed by atoms with van der Waals surface area (Å²) < 4.78 is 16.4. The van der Waals surface area contributed by atoms with Gasteiger partial charge >= 0.3 is 0 Å². The third kappa shape index (κ3) is 6.72. The van der Waals surface area contributed by atoms with Gasteiger partial charge in [0.25, 0.3) is 0 Å². The van der Waals surface area contributed by atoms with E-state index in [1.807, 2.05) is 30.3 Å². The molecular weight excluding hydrogens is 535 g/mol. The van der Waals surface area contributed by atoms with Crippen LogP contribution in [0.15, 0.2) is 41.4 Å². The van der Waals surface area contributed by atoms with Gasteiger partial charge in [0.15, 0.2) is 5.96 Å². The SMILES string of the molecule is CCNC(=NCCc1c(OC)cc(OC)cc1OC)N1CCN(c2ccccc2O)CC1.I. The van der Waals surface area contributed by atoms with Gasteiger partial charge in [-0.3, -0.25) is 4.99 Å². The van der Waals surface area contributed by atoms with Gasteiger partial charge in [-0.15, -0.1) is 24.0 Å². The predicted octanol–water partition coefficient (Wildman–Crippen LogP) is 3.37. The van der Waals surface area contributed by atoms with Gasteiger partial charge in [-0.2, -0.15) is 0 Å². The lowest BCUT2D eigenvalue weighted by molar-refractivity contribution is 0.366. The molecule has 1 heterocycles. The molecule has 0 unspecified atom stereocenters. The van der Waals surface area contributed by atoms with Crippen molar-refractivity contribution in [3.8, 4) is 23.0 Å². The average molecular weight is 570 g/mol. The molecule has 2 aromatic rings. The molecule has 0 aliphatic carbocycles. The number of aliphatic imine (C=N–C) groups is 1. The Hall–Kier alpha value is -2.56. The summed E-state index contributed by atoms with van der Waals surface area (Å²) in [7, 11) is 4.92. The maximum absolute atomic E-state index is 10.1. The van der Waals surface area contributed by atoms with E-state index >= 15 is 0 Å². The van der Waals surface area contributed by atoms with Crippen LogP contribution in [0.4, 0.5) is 5.69 Å². The molecule has 1 fully saturated rings. The van der Waals surface area contributed by atoms with Crippen molar-refractivity contribution in [1.82, 2.24) is 10.2 Å². The summed E-state index contributed by atoms with van der Waals surface area (Å²) in [6.07, 6.45) is 0.684. The molecule has 0 aromatic heterocycles. The Morgan fingerprint density at radius 3 is 2.18 bits per heavy atom. The first-order valence-corrected chi connectivity index (χ1v) is 11.0. The lowest BCUT2D eigenvalue weighted by Gasteiger charge is -2.37. The van der Waals surface area contributed by atoms with E-state index in [0.29, 0.717) is 24.5 Å². The lowest BCUT2D eigenvalue weighted by Crippen LogP contribution is -2.52. The number of rotatable bonds is 8. The van der Waals surface area contributed by atoms with Crippen LogP contribution < -0.4 is 24.4 Å². The van der Waals surface area contributed by atoms with Crippen LogP contribution in [-0.2, 0) is 6.42 Å². The Bertz CT molecular complexity index is 892. The van der Waals surface area contributed by atoms with E-state index in [-0.39, 0.29) is 24.0 Å². The molecule has 0 amide bonds. The second kappa shape index (κ2) is 13.2. The van der Waals surface area contributed by atoms with Crippen LogP contribution in [-0.4, -0.2) is 76.6 Å². The first-order valence-electron chi connectivity index (χ1n) is 11.0. The van der Waals surface area contributed by atoms with Crippen molar-refractivity contribution in [2.24, 2.45) is 4.99 Å². The number of nitrogens with zero attached hydrogens (tertiary/aromatic N) is 3. The monoisotopic (exact) mass is 570 g/mol. The summed E-state index contributed by atoms with van der Waals surface area (Å²) in [6, 6.07) is 11.2. The number of piperazine rings is 1. The fourth-order valence-electron chi connectivity index (χ4n) is 3.91. The number of nitrogens with one attached hydrogen (secondary N) is 1. The first-order chi connectivity index (χ1) is 15.6. The smallest absolute Gasteiger partial charge is 0.194 e. The standard InChI is InChI=1S/C24H34N4O4.HI/c1-5-25-24(28-14-12-27(13-15-28)20-8-6-7-9-21(20)29)26-11-10-19-22(31-3)16-18(30-2)17-23(19)32-4;/h6-9,16-17,29H,5,10-15H2,1-4H3,(H,25,26);1H. The third-order valence-electron chi connectivity index (χ3n) is 5.58.